The average molecular weight is 1710 g/mol. The van der Waals surface area contributed by atoms with E-state index in [1.165, 1.54) is 120 Å². The van der Waals surface area contributed by atoms with Crippen molar-refractivity contribution in [1.82, 2.24) is 78.6 Å². The molecule has 0 unspecified atom stereocenters. The van der Waals surface area contributed by atoms with Crippen LogP contribution in [0.2, 0.25) is 0 Å². The van der Waals surface area contributed by atoms with Crippen LogP contribution < -0.4 is 77.4 Å². The Morgan fingerprint density at radius 3 is 1.53 bits per heavy atom. The molecular formula is C87H119KN18O14S. The van der Waals surface area contributed by atoms with Crippen LogP contribution in [0, 0.1) is 53.4 Å². The molecule has 7 aromatic heterocycles. The van der Waals surface area contributed by atoms with Gasteiger partial charge in [0.15, 0.2) is 28.8 Å². The first-order valence-electron chi connectivity index (χ1n) is 42.0. The summed E-state index contributed by atoms with van der Waals surface area (Å²) in [5.41, 5.74) is 7.86. The Morgan fingerprint density at radius 1 is 0.529 bits per heavy atom. The van der Waals surface area contributed by atoms with Crippen molar-refractivity contribution < 1.29 is 119 Å². The number of esters is 1. The SMILES string of the molecule is CCCCCCCCCCCCCC(=O)Oc1cc(O)c(-c2nn(C)c3c(C)c(C)nn23)c(O)c1.CCCCCCCCNC(=O)c1cc(O)c(-c2nc3nc(-c4cc(C(=O)NCCCCCCCC)ccc4O)c(C)n3[nH]2)c(O)c1.Cc1cc(C)n(-c2nc(C)c3n(C)c(-c4c(NC(=O)C(C)C)cc(S(=O)(=O)[O-])cc4NC(=O)C(C)C)nn23)n1.[K+]. The van der Waals surface area contributed by atoms with Gasteiger partial charge in [-0.2, -0.15) is 29.3 Å². The minimum Gasteiger partial charge on any atom is -0.744 e. The number of nitrogens with one attached hydrogen (secondary N) is 5. The molecular weight excluding hydrogens is 1590 g/mol. The van der Waals surface area contributed by atoms with E-state index in [1.807, 2.05) is 40.7 Å². The summed E-state index contributed by atoms with van der Waals surface area (Å²) in [6.45, 7) is 25.6. The zero-order valence-electron chi connectivity index (χ0n) is 72.9. The summed E-state index contributed by atoms with van der Waals surface area (Å²) in [6.07, 6.45) is 27.1. The summed E-state index contributed by atoms with van der Waals surface area (Å²) in [6, 6.07) is 14.0. The molecule has 4 aromatic carbocycles. The van der Waals surface area contributed by atoms with Crippen LogP contribution in [0.1, 0.15) is 257 Å². The van der Waals surface area contributed by atoms with Gasteiger partial charge in [0.2, 0.25) is 11.8 Å². The first-order valence-corrected chi connectivity index (χ1v) is 43.4. The van der Waals surface area contributed by atoms with Crippen LogP contribution in [0.4, 0.5) is 11.4 Å². The number of aromatic nitrogens is 14. The third kappa shape index (κ3) is 24.7. The number of aryl methyl sites for hydroxylation is 8. The molecule has 34 heteroatoms. The molecule has 648 valence electrons. The van der Waals surface area contributed by atoms with Crippen LogP contribution in [0.5, 0.6) is 34.5 Å². The summed E-state index contributed by atoms with van der Waals surface area (Å²) >= 11 is 0. The maximum absolute atomic E-state index is 12.8. The van der Waals surface area contributed by atoms with Crippen LogP contribution in [-0.2, 0) is 38.6 Å². The number of aromatic amines is 1. The average Bonchev–Trinajstić information content (AvgIpc) is 1.58. The summed E-state index contributed by atoms with van der Waals surface area (Å²) in [5, 5.41) is 85.9. The van der Waals surface area contributed by atoms with Gasteiger partial charge in [-0.1, -0.05) is 177 Å². The number of aromatic hydroxyl groups is 5. The molecule has 0 saturated carbocycles. The largest absolute Gasteiger partial charge is 1.00 e. The van der Waals surface area contributed by atoms with Crippen molar-refractivity contribution in [2.75, 3.05) is 23.7 Å². The van der Waals surface area contributed by atoms with Crippen LogP contribution in [0.3, 0.4) is 0 Å². The molecule has 0 saturated heterocycles. The number of H-pyrrole nitrogens is 1. The Kier molecular flexibility index (Phi) is 35.7. The van der Waals surface area contributed by atoms with Gasteiger partial charge >= 0.3 is 57.4 Å². The third-order valence-electron chi connectivity index (χ3n) is 21.1. The van der Waals surface area contributed by atoms with Crippen LogP contribution in [0.15, 0.2) is 65.6 Å². The number of nitrogens with zero attached hydrogens (tertiary/aromatic N) is 13. The molecule has 0 spiro atoms. The molecule has 121 heavy (non-hydrogen) atoms. The van der Waals surface area contributed by atoms with E-state index in [0.717, 1.165) is 98.2 Å². The predicted octanol–water partition coefficient (Wildman–Crippen LogP) is 13.3. The van der Waals surface area contributed by atoms with E-state index in [4.69, 9.17) is 9.84 Å². The first kappa shape index (κ1) is 96.5. The number of carbonyl (C=O) groups is 5. The summed E-state index contributed by atoms with van der Waals surface area (Å²) in [7, 11) is -1.42. The van der Waals surface area contributed by atoms with Crippen molar-refractivity contribution >= 4 is 68.2 Å². The van der Waals surface area contributed by atoms with E-state index in [0.29, 0.717) is 65.1 Å². The second-order valence-electron chi connectivity index (χ2n) is 31.5. The van der Waals surface area contributed by atoms with Gasteiger partial charge in [0.05, 0.1) is 50.3 Å². The fourth-order valence-corrected chi connectivity index (χ4v) is 14.8. The number of amides is 4. The van der Waals surface area contributed by atoms with E-state index in [1.54, 1.807) is 88.3 Å². The number of phenolic OH excluding ortho intramolecular Hbond substituents is 5. The fraction of sp³-hybridized carbons (Fsp3) is 0.494. The van der Waals surface area contributed by atoms with Gasteiger partial charge in [0.25, 0.3) is 23.5 Å². The van der Waals surface area contributed by atoms with E-state index in [2.05, 4.69) is 77.4 Å². The Balaban J connectivity index is 0.000000227. The number of hydrogen-bond donors (Lipinski definition) is 10. The number of ether oxygens (including phenoxy) is 1. The molecule has 4 amide bonds. The monoisotopic (exact) mass is 1710 g/mol. The number of hydrogen-bond acceptors (Lipinski definition) is 21. The van der Waals surface area contributed by atoms with Crippen molar-refractivity contribution in [2.24, 2.45) is 25.9 Å². The Labute approximate surface area is 749 Å². The van der Waals surface area contributed by atoms with Crippen LogP contribution in [-0.4, -0.2) is 149 Å². The number of benzene rings is 4. The number of fused-ring (bicyclic) bond motifs is 3. The topological polar surface area (TPSA) is 435 Å². The zero-order chi connectivity index (χ0) is 87.4. The van der Waals surface area contributed by atoms with Crippen LogP contribution >= 0.6 is 0 Å². The smallest absolute Gasteiger partial charge is 0.744 e. The second-order valence-corrected chi connectivity index (χ2v) is 32.9. The predicted molar refractivity (Wildman–Crippen MR) is 460 cm³/mol. The van der Waals surface area contributed by atoms with E-state index < -0.39 is 38.7 Å². The molecule has 0 radical (unpaired) electrons. The summed E-state index contributed by atoms with van der Waals surface area (Å²) in [5.74, 6) is -2.30. The molecule has 10 N–H and O–H groups in total. The number of carbonyl (C=O) groups excluding carboxylic acids is 5. The fourth-order valence-electron chi connectivity index (χ4n) is 14.2. The van der Waals surface area contributed by atoms with Gasteiger partial charge in [0.1, 0.15) is 55.7 Å². The van der Waals surface area contributed by atoms with E-state index >= 15 is 0 Å². The molecule has 0 aliphatic carbocycles. The van der Waals surface area contributed by atoms with E-state index in [9.17, 15) is 62.5 Å². The van der Waals surface area contributed by atoms with Gasteiger partial charge in [-0.05, 0) is 109 Å². The summed E-state index contributed by atoms with van der Waals surface area (Å²) in [4.78, 5) is 76.3. The number of imidazole rings is 2. The van der Waals surface area contributed by atoms with Gasteiger partial charge < -0.3 is 60.7 Å². The molecule has 0 atom stereocenters. The molecule has 7 heterocycles. The quantitative estimate of drug-likeness (QED) is 0.00562. The number of unbranched alkanes of at least 4 members (excludes halogenated alkanes) is 20. The number of rotatable bonds is 39. The summed E-state index contributed by atoms with van der Waals surface area (Å²) < 4.78 is 51.3. The van der Waals surface area contributed by atoms with Crippen molar-refractivity contribution in [2.45, 2.75) is 249 Å². The maximum atomic E-state index is 12.8. The molecule has 11 aromatic rings. The Morgan fingerprint density at radius 2 is 1.03 bits per heavy atom. The molecule has 0 bridgehead atoms. The standard InChI is InChI=1S/C35H48N6O5.C27H40N4O4.C25H32N8O5S.K/c1-4-6-8-10-12-14-18-36-33(45)24-16-17-27(42)26(20-24)31-23(3)41-35(38-31)39-32(40-41)30-28(43)21-25(22-29(30)44)34(46)37-19-15-13-11-9-7-5-2;1-5-6-7-8-9-10-11-12-13-14-15-16-24(34)35-21-17-22(32)25(23(33)18-21)26-29-30(4)27-19(2)20(3)28-31(26)27;1-12(2)22(34)27-18-10-17(39(36,37)38)11-19(28-23(35)13(3)4)20(18)21-30-33-24(31(21)8)16(7)26-25(33)32-15(6)9-14(5)29-32;/h16-17,20-22,42-44H,4-15,18-19H2,1-3H3,(H,36,45)(H,37,46)(H,38,39,40);17-18,32-33H,5-16H2,1-4H3;9-13H,1-8H3,(H,27,34)(H,28,35)(H,36,37,38);/q;;;+1/p-1. The molecule has 0 aliphatic rings. The van der Waals surface area contributed by atoms with Crippen molar-refractivity contribution in [3.63, 3.8) is 0 Å². The molecule has 32 nitrogen and oxygen atoms in total. The van der Waals surface area contributed by atoms with Crippen LogP contribution in [0.25, 0.3) is 68.4 Å². The Hall–Kier alpha value is -9.97. The van der Waals surface area contributed by atoms with Gasteiger partial charge in [-0.25, -0.2) is 32.3 Å². The van der Waals surface area contributed by atoms with E-state index in [-0.39, 0.29) is 155 Å². The van der Waals surface area contributed by atoms with Crippen molar-refractivity contribution in [3.05, 3.63) is 106 Å². The maximum Gasteiger partial charge on any atom is 1.00 e. The van der Waals surface area contributed by atoms with Gasteiger partial charge in [-0.15, -0.1) is 5.10 Å². The number of anilines is 2. The minimum atomic E-state index is -4.94. The number of phenols is 5. The van der Waals surface area contributed by atoms with Crippen molar-refractivity contribution in [1.29, 1.82) is 0 Å². The van der Waals surface area contributed by atoms with Gasteiger partial charge in [0, 0.05) is 85.5 Å². The Bertz CT molecular complexity index is 5460. The molecule has 0 aliphatic heterocycles. The van der Waals surface area contributed by atoms with Gasteiger partial charge in [-0.3, -0.25) is 29.1 Å². The van der Waals surface area contributed by atoms with Crippen molar-refractivity contribution in [3.8, 4) is 85.9 Å². The second kappa shape index (κ2) is 44.7. The normalized spacial score (nSPS) is 11.5. The first-order chi connectivity index (χ1) is 57.2. The minimum absolute atomic E-state index is 0. The molecule has 0 fully saturated rings. The zero-order valence-corrected chi connectivity index (χ0v) is 76.9. The molecule has 11 rings (SSSR count). The third-order valence-corrected chi connectivity index (χ3v) is 21.9.